The highest BCUT2D eigenvalue weighted by atomic mass is 32.1. The van der Waals surface area contributed by atoms with E-state index in [2.05, 4.69) is 52.9 Å². The number of thiocarbonyl (C=S) groups is 1. The van der Waals surface area contributed by atoms with Crippen LogP contribution in [-0.2, 0) is 6.42 Å². The SMILES string of the molecule is CC[C@@H](CNC(=S)Nc1cc(C)ccn1)Cc1ccccc1. The lowest BCUT2D eigenvalue weighted by Gasteiger charge is -2.17. The number of aryl methyl sites for hydroxylation is 1. The molecule has 0 aliphatic rings. The Balaban J connectivity index is 1.81. The second-order valence-corrected chi connectivity index (χ2v) is 5.93. The van der Waals surface area contributed by atoms with E-state index in [1.165, 1.54) is 5.56 Å². The number of pyridine rings is 1. The molecule has 2 N–H and O–H groups in total. The zero-order valence-electron chi connectivity index (χ0n) is 13.2. The van der Waals surface area contributed by atoms with Gasteiger partial charge in [0, 0.05) is 12.7 Å². The number of rotatable bonds is 6. The number of nitrogens with zero attached hydrogens (tertiary/aromatic N) is 1. The Hall–Kier alpha value is -1.94. The van der Waals surface area contributed by atoms with Gasteiger partial charge in [0.2, 0.25) is 0 Å². The predicted molar refractivity (Wildman–Crippen MR) is 97.1 cm³/mol. The highest BCUT2D eigenvalue weighted by Crippen LogP contribution is 2.11. The van der Waals surface area contributed by atoms with Crippen LogP contribution in [0.3, 0.4) is 0 Å². The largest absolute Gasteiger partial charge is 0.362 e. The van der Waals surface area contributed by atoms with E-state index in [1.54, 1.807) is 6.20 Å². The fraction of sp³-hybridized carbons (Fsp3) is 0.333. The van der Waals surface area contributed by atoms with Crippen molar-refractivity contribution >= 4 is 23.1 Å². The number of aromatic nitrogens is 1. The predicted octanol–water partition coefficient (Wildman–Crippen LogP) is 3.95. The summed E-state index contributed by atoms with van der Waals surface area (Å²) in [6.45, 7) is 5.12. The monoisotopic (exact) mass is 313 g/mol. The van der Waals surface area contributed by atoms with Crippen LogP contribution in [0.15, 0.2) is 48.7 Å². The second kappa shape index (κ2) is 8.49. The van der Waals surface area contributed by atoms with Crippen molar-refractivity contribution in [3.8, 4) is 0 Å². The standard InChI is InChI=1S/C18H23N3S/c1-3-15(12-16-7-5-4-6-8-16)13-20-18(22)21-17-11-14(2)9-10-19-17/h4-11,15H,3,12-13H2,1-2H3,(H2,19,20,21,22)/t15-/m1/s1. The van der Waals surface area contributed by atoms with E-state index in [0.29, 0.717) is 11.0 Å². The molecule has 0 fully saturated rings. The van der Waals surface area contributed by atoms with E-state index < -0.39 is 0 Å². The maximum absolute atomic E-state index is 5.35. The Labute approximate surface area is 138 Å². The van der Waals surface area contributed by atoms with Crippen LogP contribution in [0.2, 0.25) is 0 Å². The quantitative estimate of drug-likeness (QED) is 0.792. The summed E-state index contributed by atoms with van der Waals surface area (Å²) in [4.78, 5) is 4.26. The summed E-state index contributed by atoms with van der Waals surface area (Å²) >= 11 is 5.35. The molecule has 1 heterocycles. The third-order valence-corrected chi connectivity index (χ3v) is 3.90. The van der Waals surface area contributed by atoms with Gasteiger partial charge in [0.25, 0.3) is 0 Å². The van der Waals surface area contributed by atoms with Gasteiger partial charge in [-0.1, -0.05) is 43.7 Å². The third-order valence-electron chi connectivity index (χ3n) is 3.65. The lowest BCUT2D eigenvalue weighted by molar-refractivity contribution is 0.498. The number of benzene rings is 1. The molecule has 1 atom stereocenters. The zero-order chi connectivity index (χ0) is 15.8. The van der Waals surface area contributed by atoms with Gasteiger partial charge in [0.05, 0.1) is 0 Å². The number of hydrogen-bond donors (Lipinski definition) is 2. The summed E-state index contributed by atoms with van der Waals surface area (Å²) in [6.07, 6.45) is 3.97. The summed E-state index contributed by atoms with van der Waals surface area (Å²) in [7, 11) is 0. The van der Waals surface area contributed by atoms with Crippen LogP contribution in [-0.4, -0.2) is 16.6 Å². The number of hydrogen-bond acceptors (Lipinski definition) is 2. The minimum absolute atomic E-state index is 0.563. The number of nitrogens with one attached hydrogen (secondary N) is 2. The highest BCUT2D eigenvalue weighted by molar-refractivity contribution is 7.80. The van der Waals surface area contributed by atoms with Crippen molar-refractivity contribution in [1.82, 2.24) is 10.3 Å². The van der Waals surface area contributed by atoms with Gasteiger partial charge in [0.1, 0.15) is 5.82 Å². The molecule has 22 heavy (non-hydrogen) atoms. The van der Waals surface area contributed by atoms with E-state index in [-0.39, 0.29) is 0 Å². The van der Waals surface area contributed by atoms with Crippen LogP contribution in [0.4, 0.5) is 5.82 Å². The first-order valence-electron chi connectivity index (χ1n) is 7.68. The molecule has 4 heteroatoms. The van der Waals surface area contributed by atoms with Crippen molar-refractivity contribution in [2.75, 3.05) is 11.9 Å². The molecule has 2 rings (SSSR count). The van der Waals surface area contributed by atoms with Gasteiger partial charge in [-0.15, -0.1) is 0 Å². The molecule has 0 aliphatic heterocycles. The van der Waals surface area contributed by atoms with Gasteiger partial charge in [0.15, 0.2) is 5.11 Å². The first-order chi connectivity index (χ1) is 10.7. The zero-order valence-corrected chi connectivity index (χ0v) is 14.0. The summed E-state index contributed by atoms with van der Waals surface area (Å²) in [5.41, 5.74) is 2.53. The van der Waals surface area contributed by atoms with Crippen molar-refractivity contribution in [1.29, 1.82) is 0 Å². The smallest absolute Gasteiger partial charge is 0.171 e. The first-order valence-corrected chi connectivity index (χ1v) is 8.09. The summed E-state index contributed by atoms with van der Waals surface area (Å²) in [5.74, 6) is 1.35. The molecule has 2 aromatic rings. The van der Waals surface area contributed by atoms with E-state index in [0.717, 1.165) is 30.8 Å². The lowest BCUT2D eigenvalue weighted by Crippen LogP contribution is -2.33. The van der Waals surface area contributed by atoms with Crippen molar-refractivity contribution in [2.45, 2.75) is 26.7 Å². The maximum atomic E-state index is 5.35. The fourth-order valence-electron chi connectivity index (χ4n) is 2.31. The van der Waals surface area contributed by atoms with Gasteiger partial charge in [-0.25, -0.2) is 4.98 Å². The average molecular weight is 313 g/mol. The Morgan fingerprint density at radius 3 is 2.68 bits per heavy atom. The molecule has 1 aromatic heterocycles. The van der Waals surface area contributed by atoms with Crippen LogP contribution in [0.5, 0.6) is 0 Å². The van der Waals surface area contributed by atoms with Gasteiger partial charge in [-0.3, -0.25) is 0 Å². The second-order valence-electron chi connectivity index (χ2n) is 5.52. The van der Waals surface area contributed by atoms with Gasteiger partial charge >= 0.3 is 0 Å². The molecule has 3 nitrogen and oxygen atoms in total. The fourth-order valence-corrected chi connectivity index (χ4v) is 2.50. The summed E-state index contributed by atoms with van der Waals surface area (Å²) < 4.78 is 0. The Bertz CT molecular complexity index is 598. The molecule has 0 saturated heterocycles. The molecule has 1 aromatic carbocycles. The normalized spacial score (nSPS) is 11.7. The highest BCUT2D eigenvalue weighted by Gasteiger charge is 2.08. The van der Waals surface area contributed by atoms with Crippen LogP contribution in [0.25, 0.3) is 0 Å². The maximum Gasteiger partial charge on any atom is 0.171 e. The molecule has 0 amide bonds. The van der Waals surface area contributed by atoms with E-state index >= 15 is 0 Å². The van der Waals surface area contributed by atoms with Gasteiger partial charge in [-0.2, -0.15) is 0 Å². The molecule has 116 valence electrons. The Morgan fingerprint density at radius 1 is 1.23 bits per heavy atom. The van der Waals surface area contributed by atoms with E-state index in [1.807, 2.05) is 19.1 Å². The molecular weight excluding hydrogens is 290 g/mol. The van der Waals surface area contributed by atoms with Crippen LogP contribution in [0.1, 0.15) is 24.5 Å². The minimum Gasteiger partial charge on any atom is -0.362 e. The van der Waals surface area contributed by atoms with Crippen molar-refractivity contribution < 1.29 is 0 Å². The van der Waals surface area contributed by atoms with Crippen LogP contribution in [0, 0.1) is 12.8 Å². The number of anilines is 1. The molecule has 0 aliphatic carbocycles. The average Bonchev–Trinajstić information content (AvgIpc) is 2.52. The lowest BCUT2D eigenvalue weighted by atomic mass is 9.97. The van der Waals surface area contributed by atoms with Gasteiger partial charge < -0.3 is 10.6 Å². The van der Waals surface area contributed by atoms with Crippen LogP contribution >= 0.6 is 12.2 Å². The van der Waals surface area contributed by atoms with E-state index in [9.17, 15) is 0 Å². The third kappa shape index (κ3) is 5.45. The summed E-state index contributed by atoms with van der Waals surface area (Å²) in [6, 6.07) is 14.5. The molecular formula is C18H23N3S. The Morgan fingerprint density at radius 2 is 2.00 bits per heavy atom. The van der Waals surface area contributed by atoms with Crippen molar-refractivity contribution in [3.05, 3.63) is 59.8 Å². The van der Waals surface area contributed by atoms with Crippen LogP contribution < -0.4 is 10.6 Å². The molecule has 0 radical (unpaired) electrons. The molecule has 0 unspecified atom stereocenters. The van der Waals surface area contributed by atoms with E-state index in [4.69, 9.17) is 12.2 Å². The summed E-state index contributed by atoms with van der Waals surface area (Å²) in [5, 5.41) is 7.07. The molecule has 0 saturated carbocycles. The van der Waals surface area contributed by atoms with Gasteiger partial charge in [-0.05, 0) is 54.7 Å². The van der Waals surface area contributed by atoms with Crippen molar-refractivity contribution in [3.63, 3.8) is 0 Å². The topological polar surface area (TPSA) is 37.0 Å². The molecule has 0 spiro atoms. The first kappa shape index (κ1) is 16.4. The Kier molecular flexibility index (Phi) is 6.34. The van der Waals surface area contributed by atoms with Crippen molar-refractivity contribution in [2.24, 2.45) is 5.92 Å². The minimum atomic E-state index is 0.563. The molecule has 0 bridgehead atoms.